The monoisotopic (exact) mass is 253 g/mol. The fraction of sp³-hybridized carbons (Fsp3) is 0.300. The SMILES string of the molecule is CON(C)C(=O)Cn1cnc2sccc2c1=O. The molecule has 2 heterocycles. The van der Waals surface area contributed by atoms with E-state index >= 15 is 0 Å². The molecular formula is C10H11N3O3S. The van der Waals surface area contributed by atoms with Crippen LogP contribution in [0.3, 0.4) is 0 Å². The van der Waals surface area contributed by atoms with Crippen molar-refractivity contribution in [1.29, 1.82) is 0 Å². The summed E-state index contributed by atoms with van der Waals surface area (Å²) in [5, 5.41) is 3.40. The van der Waals surface area contributed by atoms with Crippen LogP contribution in [0.2, 0.25) is 0 Å². The van der Waals surface area contributed by atoms with Gasteiger partial charge in [0.05, 0.1) is 18.8 Å². The molecule has 0 saturated carbocycles. The van der Waals surface area contributed by atoms with Crippen LogP contribution in [0.25, 0.3) is 10.2 Å². The summed E-state index contributed by atoms with van der Waals surface area (Å²) in [6, 6.07) is 1.70. The minimum atomic E-state index is -0.314. The highest BCUT2D eigenvalue weighted by atomic mass is 32.1. The molecule has 7 heteroatoms. The molecule has 0 atom stereocenters. The van der Waals surface area contributed by atoms with Crippen molar-refractivity contribution in [3.05, 3.63) is 28.1 Å². The first-order chi connectivity index (χ1) is 8.13. The quantitative estimate of drug-likeness (QED) is 0.746. The molecule has 0 aromatic carbocycles. The third kappa shape index (κ3) is 2.20. The predicted octanol–water partition coefficient (Wildman–Crippen LogP) is 0.478. The van der Waals surface area contributed by atoms with E-state index in [9.17, 15) is 9.59 Å². The van der Waals surface area contributed by atoms with E-state index in [4.69, 9.17) is 4.84 Å². The van der Waals surface area contributed by atoms with Gasteiger partial charge >= 0.3 is 0 Å². The van der Waals surface area contributed by atoms with Crippen molar-refractivity contribution in [2.75, 3.05) is 14.2 Å². The first-order valence-electron chi connectivity index (χ1n) is 4.87. The van der Waals surface area contributed by atoms with Crippen molar-refractivity contribution in [3.63, 3.8) is 0 Å². The molecule has 0 bridgehead atoms. The number of fused-ring (bicyclic) bond motifs is 1. The van der Waals surface area contributed by atoms with Gasteiger partial charge < -0.3 is 0 Å². The van der Waals surface area contributed by atoms with Gasteiger partial charge in [0.15, 0.2) is 0 Å². The molecule has 0 unspecified atom stereocenters. The molecule has 0 fully saturated rings. The van der Waals surface area contributed by atoms with Crippen molar-refractivity contribution in [2.24, 2.45) is 0 Å². The van der Waals surface area contributed by atoms with Gasteiger partial charge in [0.1, 0.15) is 11.4 Å². The molecule has 0 radical (unpaired) electrons. The van der Waals surface area contributed by atoms with E-state index in [1.807, 2.05) is 0 Å². The van der Waals surface area contributed by atoms with E-state index in [2.05, 4.69) is 4.98 Å². The number of rotatable bonds is 3. The van der Waals surface area contributed by atoms with Crippen molar-refractivity contribution >= 4 is 27.5 Å². The zero-order valence-electron chi connectivity index (χ0n) is 9.41. The van der Waals surface area contributed by atoms with Crippen LogP contribution in [0.15, 0.2) is 22.6 Å². The fourth-order valence-corrected chi connectivity index (χ4v) is 2.08. The van der Waals surface area contributed by atoms with E-state index in [1.54, 1.807) is 11.4 Å². The van der Waals surface area contributed by atoms with E-state index in [0.717, 1.165) is 5.06 Å². The molecule has 0 aliphatic rings. The highest BCUT2D eigenvalue weighted by Crippen LogP contribution is 2.13. The lowest BCUT2D eigenvalue weighted by atomic mass is 10.4. The van der Waals surface area contributed by atoms with E-state index < -0.39 is 0 Å². The molecule has 17 heavy (non-hydrogen) atoms. The van der Waals surface area contributed by atoms with E-state index in [1.165, 1.54) is 36.4 Å². The van der Waals surface area contributed by atoms with Gasteiger partial charge in [-0.2, -0.15) is 0 Å². The van der Waals surface area contributed by atoms with E-state index in [-0.39, 0.29) is 18.0 Å². The van der Waals surface area contributed by atoms with Crippen molar-refractivity contribution in [3.8, 4) is 0 Å². The zero-order chi connectivity index (χ0) is 12.4. The predicted molar refractivity (Wildman–Crippen MR) is 63.7 cm³/mol. The Hall–Kier alpha value is -1.73. The Morgan fingerprint density at radius 3 is 3.12 bits per heavy atom. The van der Waals surface area contributed by atoms with Gasteiger partial charge in [-0.1, -0.05) is 0 Å². The number of hydrogen-bond donors (Lipinski definition) is 0. The van der Waals surface area contributed by atoms with Gasteiger partial charge in [-0.05, 0) is 11.4 Å². The third-order valence-electron chi connectivity index (χ3n) is 2.38. The molecule has 0 aliphatic heterocycles. The summed E-state index contributed by atoms with van der Waals surface area (Å²) in [5.74, 6) is -0.314. The smallest absolute Gasteiger partial charge is 0.265 e. The molecule has 1 amide bonds. The number of hydrogen-bond acceptors (Lipinski definition) is 5. The Labute approximate surface area is 101 Å². The molecule has 2 rings (SSSR count). The van der Waals surface area contributed by atoms with Crippen LogP contribution in [0.5, 0.6) is 0 Å². The highest BCUT2D eigenvalue weighted by molar-refractivity contribution is 7.16. The van der Waals surface area contributed by atoms with Gasteiger partial charge in [-0.3, -0.25) is 19.0 Å². The van der Waals surface area contributed by atoms with Crippen molar-refractivity contribution in [2.45, 2.75) is 6.54 Å². The number of carbonyl (C=O) groups is 1. The van der Waals surface area contributed by atoms with Crippen LogP contribution in [-0.4, -0.2) is 34.7 Å². The zero-order valence-corrected chi connectivity index (χ0v) is 10.2. The van der Waals surface area contributed by atoms with Crippen LogP contribution >= 0.6 is 11.3 Å². The average molecular weight is 253 g/mol. The Balaban J connectivity index is 2.33. The molecule has 2 aromatic rings. The molecule has 0 saturated heterocycles. The number of carbonyl (C=O) groups excluding carboxylic acids is 1. The number of aromatic nitrogens is 2. The number of hydroxylamine groups is 2. The fourth-order valence-electron chi connectivity index (χ4n) is 1.35. The number of likely N-dealkylation sites (N-methyl/N-ethyl adjacent to an activating group) is 1. The van der Waals surface area contributed by atoms with Crippen LogP contribution in [-0.2, 0) is 16.2 Å². The largest absolute Gasteiger partial charge is 0.289 e. The molecule has 2 aromatic heterocycles. The molecule has 0 N–H and O–H groups in total. The second kappa shape index (κ2) is 4.64. The summed E-state index contributed by atoms with van der Waals surface area (Å²) in [6.45, 7) is -0.0814. The Bertz CT molecular complexity index is 604. The molecule has 6 nitrogen and oxygen atoms in total. The minimum absolute atomic E-state index is 0.0814. The van der Waals surface area contributed by atoms with Gasteiger partial charge in [-0.15, -0.1) is 11.3 Å². The summed E-state index contributed by atoms with van der Waals surface area (Å²) < 4.78 is 1.27. The van der Waals surface area contributed by atoms with Gasteiger partial charge in [-0.25, -0.2) is 10.0 Å². The second-order valence-electron chi connectivity index (χ2n) is 3.39. The summed E-state index contributed by atoms with van der Waals surface area (Å²) >= 11 is 1.40. The lowest BCUT2D eigenvalue weighted by Crippen LogP contribution is -2.33. The number of amides is 1. The lowest BCUT2D eigenvalue weighted by Gasteiger charge is -2.13. The van der Waals surface area contributed by atoms with Gasteiger partial charge in [0, 0.05) is 7.05 Å². The molecular weight excluding hydrogens is 242 g/mol. The first-order valence-corrected chi connectivity index (χ1v) is 5.74. The molecule has 90 valence electrons. The van der Waals surface area contributed by atoms with Crippen LogP contribution in [0.1, 0.15) is 0 Å². The van der Waals surface area contributed by atoms with Gasteiger partial charge in [0.2, 0.25) is 0 Å². The Kier molecular flexibility index (Phi) is 3.21. The average Bonchev–Trinajstić information content (AvgIpc) is 2.80. The first kappa shape index (κ1) is 11.7. The Morgan fingerprint density at radius 2 is 2.41 bits per heavy atom. The van der Waals surface area contributed by atoms with Crippen LogP contribution in [0.4, 0.5) is 0 Å². The summed E-state index contributed by atoms with van der Waals surface area (Å²) in [4.78, 5) is 33.1. The summed E-state index contributed by atoms with van der Waals surface area (Å²) in [5.41, 5.74) is -0.214. The normalized spacial score (nSPS) is 10.7. The minimum Gasteiger partial charge on any atom is -0.289 e. The number of thiophene rings is 1. The standard InChI is InChI=1S/C10H11N3O3S/c1-12(16-2)8(14)5-13-6-11-9-7(10(13)15)3-4-17-9/h3-4,6H,5H2,1-2H3. The topological polar surface area (TPSA) is 64.4 Å². The molecule has 0 spiro atoms. The maximum absolute atomic E-state index is 12.0. The van der Waals surface area contributed by atoms with Crippen LogP contribution in [0, 0.1) is 0 Å². The highest BCUT2D eigenvalue weighted by Gasteiger charge is 2.11. The third-order valence-corrected chi connectivity index (χ3v) is 3.20. The van der Waals surface area contributed by atoms with E-state index in [0.29, 0.717) is 10.2 Å². The molecule has 0 aliphatic carbocycles. The van der Waals surface area contributed by atoms with Crippen LogP contribution < -0.4 is 5.56 Å². The Morgan fingerprint density at radius 1 is 1.65 bits per heavy atom. The van der Waals surface area contributed by atoms with Gasteiger partial charge in [0.25, 0.3) is 11.5 Å². The summed E-state index contributed by atoms with van der Waals surface area (Å²) in [7, 11) is 2.88. The lowest BCUT2D eigenvalue weighted by molar-refractivity contribution is -0.169. The van der Waals surface area contributed by atoms with Crippen molar-refractivity contribution < 1.29 is 9.63 Å². The second-order valence-corrected chi connectivity index (χ2v) is 4.29. The summed E-state index contributed by atoms with van der Waals surface area (Å²) in [6.07, 6.45) is 1.38. The van der Waals surface area contributed by atoms with Crippen molar-refractivity contribution in [1.82, 2.24) is 14.6 Å². The number of nitrogens with zero attached hydrogens (tertiary/aromatic N) is 3. The maximum Gasteiger partial charge on any atom is 0.265 e. The maximum atomic E-state index is 12.0.